The van der Waals surface area contributed by atoms with Crippen molar-refractivity contribution in [3.05, 3.63) is 47.0 Å². The minimum Gasteiger partial charge on any atom is -0.334 e. The summed E-state index contributed by atoms with van der Waals surface area (Å²) in [5, 5.41) is 17.3. The van der Waals surface area contributed by atoms with E-state index in [4.69, 9.17) is 5.26 Å². The summed E-state index contributed by atoms with van der Waals surface area (Å²) in [7, 11) is 1.76. The minimum absolute atomic E-state index is 0.0829. The van der Waals surface area contributed by atoms with Crippen LogP contribution < -0.4 is 0 Å². The van der Waals surface area contributed by atoms with Gasteiger partial charge in [0.05, 0.1) is 18.2 Å². The lowest BCUT2D eigenvalue weighted by Gasteiger charge is -2.17. The Labute approximate surface area is 135 Å². The van der Waals surface area contributed by atoms with Crippen molar-refractivity contribution < 1.29 is 4.79 Å². The highest BCUT2D eigenvalue weighted by Gasteiger charge is 2.18. The van der Waals surface area contributed by atoms with Crippen LogP contribution in [0.25, 0.3) is 0 Å². The molecule has 6 heteroatoms. The van der Waals surface area contributed by atoms with Crippen LogP contribution in [0.2, 0.25) is 0 Å². The normalized spacial score (nSPS) is 13.7. The fraction of sp³-hybridized carbons (Fsp3) is 0.412. The van der Waals surface area contributed by atoms with Crippen molar-refractivity contribution in [3.8, 4) is 6.07 Å². The van der Waals surface area contributed by atoms with Crippen LogP contribution in [0.1, 0.15) is 46.8 Å². The van der Waals surface area contributed by atoms with E-state index in [0.29, 0.717) is 17.7 Å². The van der Waals surface area contributed by atoms with Gasteiger partial charge in [-0.15, -0.1) is 10.2 Å². The molecular formula is C17H19N5O. The third kappa shape index (κ3) is 3.24. The molecule has 118 valence electrons. The molecule has 2 heterocycles. The molecule has 0 spiro atoms. The van der Waals surface area contributed by atoms with Crippen LogP contribution in [0.15, 0.2) is 24.3 Å². The van der Waals surface area contributed by atoms with Gasteiger partial charge in [-0.3, -0.25) is 4.79 Å². The van der Waals surface area contributed by atoms with Gasteiger partial charge in [0.25, 0.3) is 5.91 Å². The van der Waals surface area contributed by atoms with Crippen molar-refractivity contribution in [1.29, 1.82) is 5.26 Å². The number of fused-ring (bicyclic) bond motifs is 1. The number of carbonyl (C=O) groups excluding carboxylic acids is 1. The molecule has 0 saturated carbocycles. The van der Waals surface area contributed by atoms with E-state index in [1.165, 1.54) is 6.42 Å². The number of benzene rings is 1. The molecule has 0 radical (unpaired) electrons. The first-order chi connectivity index (χ1) is 11.2. The highest BCUT2D eigenvalue weighted by Crippen LogP contribution is 2.16. The van der Waals surface area contributed by atoms with Crippen LogP contribution in [-0.4, -0.2) is 32.6 Å². The molecule has 1 aromatic heterocycles. The van der Waals surface area contributed by atoms with Gasteiger partial charge < -0.3 is 9.47 Å². The van der Waals surface area contributed by atoms with E-state index in [2.05, 4.69) is 20.8 Å². The molecule has 0 unspecified atom stereocenters. The molecule has 0 atom stereocenters. The molecule has 1 amide bonds. The Hall–Kier alpha value is -2.68. The molecule has 1 aromatic carbocycles. The van der Waals surface area contributed by atoms with Gasteiger partial charge in [-0.2, -0.15) is 5.26 Å². The van der Waals surface area contributed by atoms with Gasteiger partial charge >= 0.3 is 0 Å². The highest BCUT2D eigenvalue weighted by atomic mass is 16.2. The Balaban J connectivity index is 1.73. The third-order valence-electron chi connectivity index (χ3n) is 4.17. The summed E-state index contributed by atoms with van der Waals surface area (Å²) >= 11 is 0. The van der Waals surface area contributed by atoms with E-state index < -0.39 is 0 Å². The average Bonchev–Trinajstić information content (AvgIpc) is 2.81. The van der Waals surface area contributed by atoms with Crippen molar-refractivity contribution in [2.45, 2.75) is 38.8 Å². The summed E-state index contributed by atoms with van der Waals surface area (Å²) in [6.45, 7) is 1.36. The molecular weight excluding hydrogens is 290 g/mol. The zero-order valence-electron chi connectivity index (χ0n) is 13.2. The molecule has 1 aliphatic rings. The molecule has 2 aromatic rings. The van der Waals surface area contributed by atoms with Gasteiger partial charge in [0.1, 0.15) is 5.82 Å². The lowest BCUT2D eigenvalue weighted by molar-refractivity contribution is 0.0780. The summed E-state index contributed by atoms with van der Waals surface area (Å²) in [6.07, 6.45) is 4.45. The Morgan fingerprint density at radius 3 is 2.78 bits per heavy atom. The summed E-state index contributed by atoms with van der Waals surface area (Å²) in [4.78, 5) is 14.1. The first kappa shape index (κ1) is 15.2. The van der Waals surface area contributed by atoms with Crippen LogP contribution in [-0.2, 0) is 19.5 Å². The summed E-state index contributed by atoms with van der Waals surface area (Å²) < 4.78 is 2.15. The Kier molecular flexibility index (Phi) is 4.38. The van der Waals surface area contributed by atoms with Gasteiger partial charge in [0, 0.05) is 25.6 Å². The Morgan fingerprint density at radius 1 is 1.26 bits per heavy atom. The maximum absolute atomic E-state index is 12.5. The molecule has 0 aliphatic carbocycles. The quantitative estimate of drug-likeness (QED) is 0.870. The van der Waals surface area contributed by atoms with Crippen LogP contribution in [0.3, 0.4) is 0 Å². The Bertz CT molecular complexity index is 741. The lowest BCUT2D eigenvalue weighted by atomic mass is 10.1. The molecule has 0 fully saturated rings. The summed E-state index contributed by atoms with van der Waals surface area (Å²) in [6, 6.07) is 8.73. The van der Waals surface area contributed by atoms with Crippen molar-refractivity contribution >= 4 is 5.91 Å². The average molecular weight is 309 g/mol. The summed E-state index contributed by atoms with van der Waals surface area (Å²) in [5.74, 6) is 1.78. The maximum Gasteiger partial charge on any atom is 0.254 e. The van der Waals surface area contributed by atoms with E-state index in [1.54, 1.807) is 36.2 Å². The number of nitriles is 1. The molecule has 1 aliphatic heterocycles. The first-order valence-electron chi connectivity index (χ1n) is 7.85. The predicted molar refractivity (Wildman–Crippen MR) is 84.5 cm³/mol. The van der Waals surface area contributed by atoms with Crippen LogP contribution >= 0.6 is 0 Å². The zero-order chi connectivity index (χ0) is 16.2. The smallest absolute Gasteiger partial charge is 0.254 e. The third-order valence-corrected chi connectivity index (χ3v) is 4.17. The van der Waals surface area contributed by atoms with Crippen LogP contribution in [0.4, 0.5) is 0 Å². The van der Waals surface area contributed by atoms with Gasteiger partial charge in [-0.05, 0) is 37.1 Å². The topological polar surface area (TPSA) is 74.8 Å². The van der Waals surface area contributed by atoms with Crippen LogP contribution in [0.5, 0.6) is 0 Å². The second-order valence-corrected chi connectivity index (χ2v) is 5.85. The predicted octanol–water partition coefficient (Wildman–Crippen LogP) is 2.15. The van der Waals surface area contributed by atoms with Gasteiger partial charge in [-0.1, -0.05) is 6.42 Å². The van der Waals surface area contributed by atoms with Crippen molar-refractivity contribution in [2.24, 2.45) is 0 Å². The van der Waals surface area contributed by atoms with E-state index in [-0.39, 0.29) is 5.91 Å². The van der Waals surface area contributed by atoms with Gasteiger partial charge in [0.2, 0.25) is 0 Å². The standard InChI is InChI=1S/C17H19N5O/c1-21(17(23)14-8-6-13(11-18)7-9-14)12-16-20-19-15-5-3-2-4-10-22(15)16/h6-9H,2-5,10,12H2,1H3. The lowest BCUT2D eigenvalue weighted by Crippen LogP contribution is -2.28. The SMILES string of the molecule is CN(Cc1nnc2n1CCCCC2)C(=O)c1ccc(C#N)cc1. The number of carbonyl (C=O) groups is 1. The fourth-order valence-corrected chi connectivity index (χ4v) is 2.85. The highest BCUT2D eigenvalue weighted by molar-refractivity contribution is 5.94. The van der Waals surface area contributed by atoms with Crippen molar-refractivity contribution in [1.82, 2.24) is 19.7 Å². The molecule has 6 nitrogen and oxygen atoms in total. The van der Waals surface area contributed by atoms with Crippen molar-refractivity contribution in [3.63, 3.8) is 0 Å². The van der Waals surface area contributed by atoms with Crippen molar-refractivity contribution in [2.75, 3.05) is 7.05 Å². The first-order valence-corrected chi connectivity index (χ1v) is 7.85. The van der Waals surface area contributed by atoms with E-state index >= 15 is 0 Å². The van der Waals surface area contributed by atoms with Gasteiger partial charge in [-0.25, -0.2) is 0 Å². The molecule has 0 N–H and O–H groups in total. The van der Waals surface area contributed by atoms with E-state index in [1.807, 2.05) is 0 Å². The fourth-order valence-electron chi connectivity index (χ4n) is 2.85. The van der Waals surface area contributed by atoms with E-state index in [9.17, 15) is 4.79 Å². The molecule has 0 bridgehead atoms. The molecule has 3 rings (SSSR count). The van der Waals surface area contributed by atoms with Crippen LogP contribution in [0, 0.1) is 11.3 Å². The number of hydrogen-bond donors (Lipinski definition) is 0. The second kappa shape index (κ2) is 6.61. The van der Waals surface area contributed by atoms with E-state index in [0.717, 1.165) is 37.5 Å². The zero-order valence-corrected chi connectivity index (χ0v) is 13.2. The Morgan fingerprint density at radius 2 is 2.04 bits per heavy atom. The monoisotopic (exact) mass is 309 g/mol. The number of nitrogens with zero attached hydrogens (tertiary/aromatic N) is 5. The number of rotatable bonds is 3. The van der Waals surface area contributed by atoms with Gasteiger partial charge in [0.15, 0.2) is 5.82 Å². The number of aryl methyl sites for hydroxylation is 1. The largest absolute Gasteiger partial charge is 0.334 e. The minimum atomic E-state index is -0.0829. The maximum atomic E-state index is 12.5. The number of aromatic nitrogens is 3. The second-order valence-electron chi connectivity index (χ2n) is 5.85. The summed E-state index contributed by atoms with van der Waals surface area (Å²) in [5.41, 5.74) is 1.12. The number of amides is 1. The molecule has 23 heavy (non-hydrogen) atoms. The number of hydrogen-bond acceptors (Lipinski definition) is 4. The molecule has 0 saturated heterocycles.